The first-order valence-corrected chi connectivity index (χ1v) is 4.90. The normalized spacial score (nSPS) is 11.0. The lowest BCUT2D eigenvalue weighted by atomic mass is 10.1. The van der Waals surface area contributed by atoms with Crippen molar-refractivity contribution >= 4 is 22.5 Å². The fraction of sp³-hybridized carbons (Fsp3) is 0. The van der Waals surface area contributed by atoms with Crippen LogP contribution in [0.2, 0.25) is 5.15 Å². The van der Waals surface area contributed by atoms with Crippen molar-refractivity contribution in [3.63, 3.8) is 0 Å². The number of para-hydroxylation sites is 1. The average molecular weight is 219 g/mol. The Morgan fingerprint density at radius 2 is 2.13 bits per heavy atom. The van der Waals surface area contributed by atoms with Gasteiger partial charge in [-0.25, -0.2) is 0 Å². The van der Waals surface area contributed by atoms with Crippen LogP contribution in [-0.4, -0.2) is 10.2 Å². The van der Waals surface area contributed by atoms with Crippen LogP contribution in [0.3, 0.4) is 0 Å². The Morgan fingerprint density at radius 1 is 1.20 bits per heavy atom. The molecular formula is C11H7ClN2O. The zero-order valence-electron chi connectivity index (χ0n) is 7.70. The maximum Gasteiger partial charge on any atom is 0.136 e. The zero-order chi connectivity index (χ0) is 10.3. The Bertz CT molecular complexity index is 598. The standard InChI is InChI=1S/C11H7ClN2O/c12-11-8-4-1-3-7(10(8)13-14-11)9-5-2-6-15-9/h1-6H,(H,13,14). The van der Waals surface area contributed by atoms with Crippen molar-refractivity contribution in [2.45, 2.75) is 0 Å². The van der Waals surface area contributed by atoms with Crippen molar-refractivity contribution in [2.24, 2.45) is 0 Å². The van der Waals surface area contributed by atoms with Gasteiger partial charge in [0.15, 0.2) is 0 Å². The molecule has 4 heteroatoms. The number of aromatic nitrogens is 2. The maximum absolute atomic E-state index is 5.96. The summed E-state index contributed by atoms with van der Waals surface area (Å²) in [5.41, 5.74) is 1.78. The molecule has 3 aromatic rings. The zero-order valence-corrected chi connectivity index (χ0v) is 8.45. The lowest BCUT2D eigenvalue weighted by molar-refractivity contribution is 0.583. The Kier molecular flexibility index (Phi) is 1.79. The molecule has 2 aromatic heterocycles. The first kappa shape index (κ1) is 8.56. The molecule has 0 unspecified atom stereocenters. The molecular weight excluding hydrogens is 212 g/mol. The van der Waals surface area contributed by atoms with Gasteiger partial charge in [0.1, 0.15) is 16.4 Å². The van der Waals surface area contributed by atoms with Gasteiger partial charge in [0, 0.05) is 10.9 Å². The number of hydrogen-bond acceptors (Lipinski definition) is 2. The summed E-state index contributed by atoms with van der Waals surface area (Å²) in [4.78, 5) is 0. The van der Waals surface area contributed by atoms with Crippen LogP contribution < -0.4 is 0 Å². The van der Waals surface area contributed by atoms with Gasteiger partial charge in [0.05, 0.1) is 6.26 Å². The molecule has 0 amide bonds. The monoisotopic (exact) mass is 218 g/mol. The number of aromatic amines is 1. The molecule has 3 nitrogen and oxygen atoms in total. The molecule has 0 bridgehead atoms. The summed E-state index contributed by atoms with van der Waals surface area (Å²) >= 11 is 5.96. The van der Waals surface area contributed by atoms with Crippen LogP contribution in [0.5, 0.6) is 0 Å². The molecule has 0 radical (unpaired) electrons. The van der Waals surface area contributed by atoms with Gasteiger partial charge < -0.3 is 4.42 Å². The van der Waals surface area contributed by atoms with E-state index < -0.39 is 0 Å². The third-order valence-electron chi connectivity index (χ3n) is 2.32. The van der Waals surface area contributed by atoms with E-state index in [1.807, 2.05) is 30.3 Å². The molecule has 0 aliphatic heterocycles. The van der Waals surface area contributed by atoms with Crippen LogP contribution in [0.1, 0.15) is 0 Å². The summed E-state index contributed by atoms with van der Waals surface area (Å²) in [6, 6.07) is 9.56. The lowest BCUT2D eigenvalue weighted by Crippen LogP contribution is -1.76. The molecule has 0 spiro atoms. The van der Waals surface area contributed by atoms with Gasteiger partial charge in [0.25, 0.3) is 0 Å². The van der Waals surface area contributed by atoms with E-state index in [-0.39, 0.29) is 0 Å². The SMILES string of the molecule is Clc1[nH]nc2c(-c3ccco3)cccc12. The maximum atomic E-state index is 5.96. The van der Waals surface area contributed by atoms with Gasteiger partial charge in [-0.05, 0) is 24.3 Å². The smallest absolute Gasteiger partial charge is 0.136 e. The van der Waals surface area contributed by atoms with Gasteiger partial charge in [-0.2, -0.15) is 5.10 Å². The minimum absolute atomic E-state index is 0.554. The largest absolute Gasteiger partial charge is 0.464 e. The summed E-state index contributed by atoms with van der Waals surface area (Å²) < 4.78 is 5.34. The Morgan fingerprint density at radius 3 is 2.93 bits per heavy atom. The highest BCUT2D eigenvalue weighted by molar-refractivity contribution is 6.34. The number of halogens is 1. The average Bonchev–Trinajstić information content (AvgIpc) is 2.88. The Labute approximate surface area is 90.7 Å². The summed E-state index contributed by atoms with van der Waals surface area (Å²) in [6.07, 6.45) is 1.64. The van der Waals surface area contributed by atoms with E-state index in [2.05, 4.69) is 10.2 Å². The van der Waals surface area contributed by atoms with E-state index in [9.17, 15) is 0 Å². The van der Waals surface area contributed by atoms with Crippen LogP contribution in [0.15, 0.2) is 41.0 Å². The quantitative estimate of drug-likeness (QED) is 0.680. The van der Waals surface area contributed by atoms with E-state index in [0.717, 1.165) is 22.2 Å². The first-order chi connectivity index (χ1) is 7.36. The number of H-pyrrole nitrogens is 1. The van der Waals surface area contributed by atoms with Gasteiger partial charge >= 0.3 is 0 Å². The lowest BCUT2D eigenvalue weighted by Gasteiger charge is -1.97. The summed E-state index contributed by atoms with van der Waals surface area (Å²) in [5, 5.41) is 8.37. The second kappa shape index (κ2) is 3.14. The number of benzene rings is 1. The van der Waals surface area contributed by atoms with Crippen LogP contribution >= 0.6 is 11.6 Å². The molecule has 0 aliphatic carbocycles. The molecule has 0 saturated heterocycles. The topological polar surface area (TPSA) is 41.8 Å². The first-order valence-electron chi connectivity index (χ1n) is 4.53. The van der Waals surface area contributed by atoms with E-state index in [0.29, 0.717) is 5.15 Å². The van der Waals surface area contributed by atoms with Crippen molar-refractivity contribution in [1.29, 1.82) is 0 Å². The fourth-order valence-electron chi connectivity index (χ4n) is 1.64. The number of furan rings is 1. The van der Waals surface area contributed by atoms with E-state index in [1.54, 1.807) is 6.26 Å². The third-order valence-corrected chi connectivity index (χ3v) is 2.61. The summed E-state index contributed by atoms with van der Waals surface area (Å²) in [5.74, 6) is 0.795. The molecule has 3 rings (SSSR count). The van der Waals surface area contributed by atoms with Gasteiger partial charge in [-0.1, -0.05) is 17.7 Å². The van der Waals surface area contributed by atoms with E-state index >= 15 is 0 Å². The number of rotatable bonds is 1. The second-order valence-electron chi connectivity index (χ2n) is 3.22. The molecule has 0 fully saturated rings. The summed E-state index contributed by atoms with van der Waals surface area (Å²) in [7, 11) is 0. The fourth-order valence-corrected chi connectivity index (χ4v) is 1.83. The number of fused-ring (bicyclic) bond motifs is 1. The van der Waals surface area contributed by atoms with Crippen LogP contribution in [0, 0.1) is 0 Å². The third kappa shape index (κ3) is 1.24. The van der Waals surface area contributed by atoms with Crippen molar-refractivity contribution in [1.82, 2.24) is 10.2 Å². The Hall–Kier alpha value is -1.74. The highest BCUT2D eigenvalue weighted by Crippen LogP contribution is 2.30. The van der Waals surface area contributed by atoms with Crippen molar-refractivity contribution < 1.29 is 4.42 Å². The van der Waals surface area contributed by atoms with Crippen LogP contribution in [-0.2, 0) is 0 Å². The number of nitrogens with one attached hydrogen (secondary N) is 1. The van der Waals surface area contributed by atoms with Crippen molar-refractivity contribution in [3.05, 3.63) is 41.7 Å². The molecule has 1 N–H and O–H groups in total. The van der Waals surface area contributed by atoms with E-state index in [1.165, 1.54) is 0 Å². The predicted octanol–water partition coefficient (Wildman–Crippen LogP) is 3.48. The van der Waals surface area contributed by atoms with E-state index in [4.69, 9.17) is 16.0 Å². The van der Waals surface area contributed by atoms with Gasteiger partial charge in [0.2, 0.25) is 0 Å². The molecule has 15 heavy (non-hydrogen) atoms. The Balaban J connectivity index is 2.36. The highest BCUT2D eigenvalue weighted by Gasteiger charge is 2.10. The van der Waals surface area contributed by atoms with Gasteiger partial charge in [-0.3, -0.25) is 5.10 Å². The van der Waals surface area contributed by atoms with Crippen LogP contribution in [0.4, 0.5) is 0 Å². The van der Waals surface area contributed by atoms with Crippen molar-refractivity contribution in [3.8, 4) is 11.3 Å². The summed E-state index contributed by atoms with van der Waals surface area (Å²) in [6.45, 7) is 0. The molecule has 0 aliphatic rings. The molecule has 0 saturated carbocycles. The second-order valence-corrected chi connectivity index (χ2v) is 3.59. The molecule has 74 valence electrons. The highest BCUT2D eigenvalue weighted by atomic mass is 35.5. The molecule has 2 heterocycles. The van der Waals surface area contributed by atoms with Crippen LogP contribution in [0.25, 0.3) is 22.2 Å². The predicted molar refractivity (Wildman–Crippen MR) is 58.8 cm³/mol. The minimum Gasteiger partial charge on any atom is -0.464 e. The number of nitrogens with zero attached hydrogens (tertiary/aromatic N) is 1. The van der Waals surface area contributed by atoms with Crippen molar-refractivity contribution in [2.75, 3.05) is 0 Å². The molecule has 1 aromatic carbocycles. The van der Waals surface area contributed by atoms with Gasteiger partial charge in [-0.15, -0.1) is 0 Å². The minimum atomic E-state index is 0.554. The number of hydrogen-bond donors (Lipinski definition) is 1. The molecule has 0 atom stereocenters.